The molecule has 2 aromatic rings. The lowest BCUT2D eigenvalue weighted by molar-refractivity contribution is 0.544. The van der Waals surface area contributed by atoms with Gasteiger partial charge in [0.1, 0.15) is 5.82 Å². The second-order valence-corrected chi connectivity index (χ2v) is 5.78. The molecule has 3 rings (SSSR count). The summed E-state index contributed by atoms with van der Waals surface area (Å²) < 4.78 is 12.9. The summed E-state index contributed by atoms with van der Waals surface area (Å²) in [5.41, 5.74) is 5.20. The fourth-order valence-electron chi connectivity index (χ4n) is 2.81. The molecule has 2 nitrogen and oxygen atoms in total. The molecular formula is C18H21FN2. The van der Waals surface area contributed by atoms with Gasteiger partial charge in [0.05, 0.1) is 0 Å². The molecule has 1 heterocycles. The molecule has 110 valence electrons. The van der Waals surface area contributed by atoms with Crippen LogP contribution < -0.4 is 10.6 Å². The van der Waals surface area contributed by atoms with Gasteiger partial charge in [0.15, 0.2) is 0 Å². The maximum atomic E-state index is 12.9. The molecule has 0 fully saturated rings. The average molecular weight is 284 g/mol. The van der Waals surface area contributed by atoms with Crippen LogP contribution in [-0.2, 0) is 19.4 Å². The van der Waals surface area contributed by atoms with Crippen molar-refractivity contribution in [1.82, 2.24) is 5.32 Å². The van der Waals surface area contributed by atoms with E-state index in [0.29, 0.717) is 6.04 Å². The number of benzene rings is 2. The van der Waals surface area contributed by atoms with Gasteiger partial charge in [-0.25, -0.2) is 4.39 Å². The molecule has 0 aromatic heterocycles. The van der Waals surface area contributed by atoms with Gasteiger partial charge in [0.25, 0.3) is 0 Å². The maximum Gasteiger partial charge on any atom is 0.123 e. The number of nitrogens with one attached hydrogen (secondary N) is 2. The molecule has 21 heavy (non-hydrogen) atoms. The number of fused-ring (bicyclic) bond motifs is 1. The Hall–Kier alpha value is -1.87. The normalized spacial score (nSPS) is 14.6. The van der Waals surface area contributed by atoms with Gasteiger partial charge in [0, 0.05) is 24.8 Å². The van der Waals surface area contributed by atoms with Crippen molar-refractivity contribution in [3.05, 3.63) is 65.0 Å². The van der Waals surface area contributed by atoms with Gasteiger partial charge >= 0.3 is 0 Å². The van der Waals surface area contributed by atoms with E-state index >= 15 is 0 Å². The van der Waals surface area contributed by atoms with Crippen molar-refractivity contribution in [2.24, 2.45) is 0 Å². The molecule has 1 aliphatic rings. The zero-order chi connectivity index (χ0) is 14.7. The van der Waals surface area contributed by atoms with Crippen LogP contribution in [0.3, 0.4) is 0 Å². The Morgan fingerprint density at radius 2 is 1.90 bits per heavy atom. The van der Waals surface area contributed by atoms with Crippen molar-refractivity contribution in [2.45, 2.75) is 32.4 Å². The third-order valence-electron chi connectivity index (χ3n) is 3.99. The summed E-state index contributed by atoms with van der Waals surface area (Å²) in [6.45, 7) is 4.01. The minimum Gasteiger partial charge on any atom is -0.384 e. The van der Waals surface area contributed by atoms with Gasteiger partial charge in [-0.05, 0) is 54.7 Å². The van der Waals surface area contributed by atoms with E-state index in [9.17, 15) is 4.39 Å². The molecule has 0 bridgehead atoms. The van der Waals surface area contributed by atoms with Crippen molar-refractivity contribution < 1.29 is 4.39 Å². The monoisotopic (exact) mass is 284 g/mol. The van der Waals surface area contributed by atoms with E-state index in [1.807, 2.05) is 12.1 Å². The van der Waals surface area contributed by atoms with Crippen molar-refractivity contribution in [1.29, 1.82) is 0 Å². The first-order chi connectivity index (χ1) is 10.2. The van der Waals surface area contributed by atoms with Crippen molar-refractivity contribution >= 4 is 5.69 Å². The minimum absolute atomic E-state index is 0.182. The van der Waals surface area contributed by atoms with Crippen LogP contribution in [-0.4, -0.2) is 12.6 Å². The van der Waals surface area contributed by atoms with Crippen LogP contribution in [0.15, 0.2) is 42.5 Å². The van der Waals surface area contributed by atoms with Crippen molar-refractivity contribution in [3.8, 4) is 0 Å². The average Bonchev–Trinajstić information content (AvgIpc) is 2.94. The molecule has 0 amide bonds. The van der Waals surface area contributed by atoms with Gasteiger partial charge in [-0.3, -0.25) is 0 Å². The summed E-state index contributed by atoms with van der Waals surface area (Å²) in [4.78, 5) is 0. The zero-order valence-corrected chi connectivity index (χ0v) is 12.3. The molecule has 3 heteroatoms. The van der Waals surface area contributed by atoms with Crippen LogP contribution in [0.4, 0.5) is 10.1 Å². The topological polar surface area (TPSA) is 24.1 Å². The van der Waals surface area contributed by atoms with Crippen LogP contribution in [0.2, 0.25) is 0 Å². The van der Waals surface area contributed by atoms with E-state index in [-0.39, 0.29) is 5.82 Å². The van der Waals surface area contributed by atoms with Crippen LogP contribution in [0.25, 0.3) is 0 Å². The number of anilines is 1. The summed E-state index contributed by atoms with van der Waals surface area (Å²) in [6, 6.07) is 13.8. The summed E-state index contributed by atoms with van der Waals surface area (Å²) in [5.74, 6) is -0.182. The van der Waals surface area contributed by atoms with E-state index < -0.39 is 0 Å². The first-order valence-corrected chi connectivity index (χ1v) is 7.54. The SMILES string of the molecule is CC(Cc1ccc2c(c1)CCN2)NCc1ccc(F)cc1. The Kier molecular flexibility index (Phi) is 4.20. The fourth-order valence-corrected chi connectivity index (χ4v) is 2.81. The summed E-state index contributed by atoms with van der Waals surface area (Å²) in [7, 11) is 0. The lowest BCUT2D eigenvalue weighted by atomic mass is 10.0. The first-order valence-electron chi connectivity index (χ1n) is 7.54. The second-order valence-electron chi connectivity index (χ2n) is 5.78. The Labute approximate surface area is 125 Å². The quantitative estimate of drug-likeness (QED) is 0.878. The molecule has 0 saturated heterocycles. The van der Waals surface area contributed by atoms with E-state index in [2.05, 4.69) is 35.8 Å². The zero-order valence-electron chi connectivity index (χ0n) is 12.3. The van der Waals surface area contributed by atoms with Crippen LogP contribution in [0.5, 0.6) is 0 Å². The molecule has 1 unspecified atom stereocenters. The summed E-state index contributed by atoms with van der Waals surface area (Å²) >= 11 is 0. The molecule has 2 aromatic carbocycles. The predicted molar refractivity (Wildman–Crippen MR) is 85.0 cm³/mol. The van der Waals surface area contributed by atoms with Crippen molar-refractivity contribution in [3.63, 3.8) is 0 Å². The summed E-state index contributed by atoms with van der Waals surface area (Å²) in [6.07, 6.45) is 2.13. The lowest BCUT2D eigenvalue weighted by Gasteiger charge is -2.14. The van der Waals surface area contributed by atoms with Gasteiger partial charge in [-0.1, -0.05) is 24.3 Å². The summed E-state index contributed by atoms with van der Waals surface area (Å²) in [5, 5.41) is 6.88. The van der Waals surface area contributed by atoms with E-state index in [1.165, 1.54) is 28.9 Å². The molecule has 2 N–H and O–H groups in total. The second kappa shape index (κ2) is 6.27. The highest BCUT2D eigenvalue weighted by atomic mass is 19.1. The maximum absolute atomic E-state index is 12.9. The highest BCUT2D eigenvalue weighted by molar-refractivity contribution is 5.56. The van der Waals surface area contributed by atoms with E-state index in [4.69, 9.17) is 0 Å². The molecule has 0 radical (unpaired) electrons. The molecule has 1 aliphatic heterocycles. The van der Waals surface area contributed by atoms with Crippen molar-refractivity contribution in [2.75, 3.05) is 11.9 Å². The number of hydrogen-bond acceptors (Lipinski definition) is 2. The molecule has 0 saturated carbocycles. The Morgan fingerprint density at radius 3 is 2.71 bits per heavy atom. The fraction of sp³-hybridized carbons (Fsp3) is 0.333. The third-order valence-corrected chi connectivity index (χ3v) is 3.99. The number of hydrogen-bond donors (Lipinski definition) is 2. The first kappa shape index (κ1) is 14.1. The van der Waals surface area contributed by atoms with E-state index in [0.717, 1.165) is 31.5 Å². The van der Waals surface area contributed by atoms with Gasteiger partial charge in [0.2, 0.25) is 0 Å². The standard InChI is InChI=1S/C18H21FN2/c1-13(21-12-14-2-5-17(19)6-3-14)10-15-4-7-18-16(11-15)8-9-20-18/h2-7,11,13,20-21H,8-10,12H2,1H3. The molecular weight excluding hydrogens is 263 g/mol. The molecule has 0 spiro atoms. The number of halogens is 1. The van der Waals surface area contributed by atoms with Crippen LogP contribution >= 0.6 is 0 Å². The molecule has 0 aliphatic carbocycles. The largest absolute Gasteiger partial charge is 0.384 e. The lowest BCUT2D eigenvalue weighted by Crippen LogP contribution is -2.27. The van der Waals surface area contributed by atoms with Gasteiger partial charge in [-0.15, -0.1) is 0 Å². The molecule has 1 atom stereocenters. The number of rotatable bonds is 5. The predicted octanol–water partition coefficient (Wildman–Crippen LogP) is 3.51. The van der Waals surface area contributed by atoms with Crippen LogP contribution in [0, 0.1) is 5.82 Å². The third kappa shape index (κ3) is 3.61. The highest BCUT2D eigenvalue weighted by Crippen LogP contribution is 2.23. The smallest absolute Gasteiger partial charge is 0.123 e. The van der Waals surface area contributed by atoms with E-state index in [1.54, 1.807) is 0 Å². The van der Waals surface area contributed by atoms with Gasteiger partial charge < -0.3 is 10.6 Å². The highest BCUT2D eigenvalue weighted by Gasteiger charge is 2.11. The van der Waals surface area contributed by atoms with Crippen LogP contribution in [0.1, 0.15) is 23.6 Å². The van der Waals surface area contributed by atoms with Gasteiger partial charge in [-0.2, -0.15) is 0 Å². The Morgan fingerprint density at radius 1 is 1.14 bits per heavy atom. The Balaban J connectivity index is 1.54. The minimum atomic E-state index is -0.182. The Bertz CT molecular complexity index is 607.